The number of rotatable bonds is 4. The summed E-state index contributed by atoms with van der Waals surface area (Å²) < 4.78 is 0.482. The molecule has 0 saturated heterocycles. The van der Waals surface area contributed by atoms with E-state index in [0.29, 0.717) is 16.6 Å². The zero-order chi connectivity index (χ0) is 14.0. The average Bonchev–Trinajstić information content (AvgIpc) is 2.76. The average molecular weight is 318 g/mol. The normalized spacial score (nSPS) is 10.5. The molecule has 1 heterocycles. The van der Waals surface area contributed by atoms with Gasteiger partial charge < -0.3 is 5.32 Å². The second-order valence-electron chi connectivity index (χ2n) is 3.76. The molecule has 19 heavy (non-hydrogen) atoms. The molecule has 1 aromatic heterocycles. The Morgan fingerprint density at radius 3 is 2.79 bits per heavy atom. The van der Waals surface area contributed by atoms with Gasteiger partial charge in [-0.3, -0.25) is 10.1 Å². The number of halogens is 2. The summed E-state index contributed by atoms with van der Waals surface area (Å²) in [7, 11) is 0. The van der Waals surface area contributed by atoms with E-state index in [9.17, 15) is 10.1 Å². The van der Waals surface area contributed by atoms with Crippen molar-refractivity contribution in [1.82, 2.24) is 4.98 Å². The van der Waals surface area contributed by atoms with Gasteiger partial charge in [-0.05, 0) is 18.6 Å². The molecule has 0 bridgehead atoms. The van der Waals surface area contributed by atoms with E-state index in [1.807, 2.05) is 0 Å². The summed E-state index contributed by atoms with van der Waals surface area (Å²) in [5.74, 6) is 0. The fourth-order valence-corrected chi connectivity index (χ4v) is 2.70. The van der Waals surface area contributed by atoms with Crippen LogP contribution in [0, 0.1) is 17.0 Å². The van der Waals surface area contributed by atoms with Gasteiger partial charge in [0, 0.05) is 22.8 Å². The second-order valence-corrected chi connectivity index (χ2v) is 5.84. The molecule has 1 N–H and O–H groups in total. The number of hydrogen-bond acceptors (Lipinski definition) is 5. The highest BCUT2D eigenvalue weighted by Gasteiger charge is 2.16. The Balaban J connectivity index is 2.17. The third kappa shape index (κ3) is 3.15. The lowest BCUT2D eigenvalue weighted by Gasteiger charge is -2.09. The van der Waals surface area contributed by atoms with Gasteiger partial charge >= 0.3 is 0 Å². The first-order valence-corrected chi connectivity index (χ1v) is 6.84. The van der Waals surface area contributed by atoms with Crippen LogP contribution in [-0.2, 0) is 6.54 Å². The van der Waals surface area contributed by atoms with Gasteiger partial charge in [-0.2, -0.15) is 0 Å². The SMILES string of the molecule is Cc1c(NCc2cnc(Cl)s2)ccc([N+](=O)[O-])c1Cl. The van der Waals surface area contributed by atoms with Gasteiger partial charge in [0.05, 0.1) is 11.5 Å². The van der Waals surface area contributed by atoms with Crippen molar-refractivity contribution in [1.29, 1.82) is 0 Å². The maximum absolute atomic E-state index is 10.7. The Kier molecular flexibility index (Phi) is 4.24. The van der Waals surface area contributed by atoms with Gasteiger partial charge in [0.15, 0.2) is 4.47 Å². The number of aromatic nitrogens is 1. The van der Waals surface area contributed by atoms with Crippen LogP contribution < -0.4 is 5.32 Å². The lowest BCUT2D eigenvalue weighted by atomic mass is 10.1. The first-order valence-electron chi connectivity index (χ1n) is 5.26. The standard InChI is InChI=1S/C11H9Cl2N3O2S/c1-6-8(2-3-9(10(6)12)16(17)18)14-4-7-5-15-11(13)19-7/h2-3,5,14H,4H2,1H3. The molecule has 8 heteroatoms. The van der Waals surface area contributed by atoms with Crippen molar-refractivity contribution in [3.8, 4) is 0 Å². The van der Waals surface area contributed by atoms with Crippen LogP contribution in [0.3, 0.4) is 0 Å². The highest BCUT2D eigenvalue weighted by molar-refractivity contribution is 7.15. The Morgan fingerprint density at radius 2 is 2.21 bits per heavy atom. The number of anilines is 1. The Morgan fingerprint density at radius 1 is 1.47 bits per heavy atom. The van der Waals surface area contributed by atoms with Crippen LogP contribution in [0.1, 0.15) is 10.4 Å². The third-order valence-corrected chi connectivity index (χ3v) is 4.13. The lowest BCUT2D eigenvalue weighted by molar-refractivity contribution is -0.384. The van der Waals surface area contributed by atoms with Gasteiger partial charge in [-0.15, -0.1) is 11.3 Å². The number of nitrogens with zero attached hydrogens (tertiary/aromatic N) is 2. The van der Waals surface area contributed by atoms with Crippen LogP contribution >= 0.6 is 34.5 Å². The van der Waals surface area contributed by atoms with Crippen molar-refractivity contribution in [2.75, 3.05) is 5.32 Å². The highest BCUT2D eigenvalue weighted by atomic mass is 35.5. The minimum Gasteiger partial charge on any atom is -0.380 e. The maximum atomic E-state index is 10.7. The molecule has 0 spiro atoms. The van der Waals surface area contributed by atoms with Crippen LogP contribution in [0.25, 0.3) is 0 Å². The monoisotopic (exact) mass is 317 g/mol. The molecule has 0 fully saturated rings. The molecular formula is C11H9Cl2N3O2S. The van der Waals surface area contributed by atoms with Gasteiger partial charge in [0.25, 0.3) is 5.69 Å². The van der Waals surface area contributed by atoms with Crippen molar-refractivity contribution in [3.63, 3.8) is 0 Å². The van der Waals surface area contributed by atoms with E-state index in [0.717, 1.165) is 10.6 Å². The molecule has 0 amide bonds. The molecule has 0 aliphatic heterocycles. The van der Waals surface area contributed by atoms with Crippen molar-refractivity contribution >= 4 is 45.9 Å². The summed E-state index contributed by atoms with van der Waals surface area (Å²) in [6.45, 7) is 2.27. The minimum absolute atomic E-state index is 0.0921. The van der Waals surface area contributed by atoms with Crippen LogP contribution in [0.2, 0.25) is 9.49 Å². The van der Waals surface area contributed by atoms with Crippen LogP contribution in [-0.4, -0.2) is 9.91 Å². The minimum atomic E-state index is -0.498. The van der Waals surface area contributed by atoms with Crippen molar-refractivity contribution in [3.05, 3.63) is 48.4 Å². The van der Waals surface area contributed by atoms with E-state index in [-0.39, 0.29) is 10.7 Å². The number of hydrogen-bond donors (Lipinski definition) is 1. The zero-order valence-corrected chi connectivity index (χ0v) is 12.1. The molecular weight excluding hydrogens is 309 g/mol. The lowest BCUT2D eigenvalue weighted by Crippen LogP contribution is -2.01. The Hall–Kier alpha value is -1.37. The number of nitro benzene ring substituents is 1. The summed E-state index contributed by atoms with van der Waals surface area (Å²) in [4.78, 5) is 15.2. The van der Waals surface area contributed by atoms with Gasteiger partial charge in [-0.1, -0.05) is 23.2 Å². The molecule has 100 valence electrons. The molecule has 0 aliphatic carbocycles. The van der Waals surface area contributed by atoms with E-state index >= 15 is 0 Å². The summed E-state index contributed by atoms with van der Waals surface area (Å²) >= 11 is 13.1. The van der Waals surface area contributed by atoms with E-state index < -0.39 is 4.92 Å². The zero-order valence-electron chi connectivity index (χ0n) is 9.81. The topological polar surface area (TPSA) is 68.1 Å². The molecule has 0 unspecified atom stereocenters. The largest absolute Gasteiger partial charge is 0.380 e. The first kappa shape index (κ1) is 14.0. The summed E-state index contributed by atoms with van der Waals surface area (Å²) in [5, 5.41) is 14.1. The molecule has 1 aromatic carbocycles. The molecule has 0 atom stereocenters. The van der Waals surface area contributed by atoms with E-state index in [1.54, 1.807) is 19.2 Å². The van der Waals surface area contributed by atoms with Crippen molar-refractivity contribution < 1.29 is 4.92 Å². The van der Waals surface area contributed by atoms with Crippen molar-refractivity contribution in [2.45, 2.75) is 13.5 Å². The number of nitrogens with one attached hydrogen (secondary N) is 1. The summed E-state index contributed by atoms with van der Waals surface area (Å²) in [6, 6.07) is 3.03. The molecule has 0 radical (unpaired) electrons. The fourth-order valence-electron chi connectivity index (χ4n) is 1.55. The molecule has 5 nitrogen and oxygen atoms in total. The van der Waals surface area contributed by atoms with Crippen molar-refractivity contribution in [2.24, 2.45) is 0 Å². The maximum Gasteiger partial charge on any atom is 0.288 e. The third-order valence-electron chi connectivity index (χ3n) is 2.54. The predicted octanol–water partition coefficient (Wildman–Crippen LogP) is 4.28. The molecule has 2 rings (SSSR count). The Bertz CT molecular complexity index is 630. The molecule has 0 aliphatic rings. The highest BCUT2D eigenvalue weighted by Crippen LogP contribution is 2.32. The quantitative estimate of drug-likeness (QED) is 0.675. The van der Waals surface area contributed by atoms with Gasteiger partial charge in [0.1, 0.15) is 5.02 Å². The van der Waals surface area contributed by atoms with Crippen LogP contribution in [0.5, 0.6) is 0 Å². The van der Waals surface area contributed by atoms with Crippen LogP contribution in [0.15, 0.2) is 18.3 Å². The van der Waals surface area contributed by atoms with Gasteiger partial charge in [-0.25, -0.2) is 4.98 Å². The smallest absolute Gasteiger partial charge is 0.288 e. The summed E-state index contributed by atoms with van der Waals surface area (Å²) in [5.41, 5.74) is 1.30. The summed E-state index contributed by atoms with van der Waals surface area (Å²) in [6.07, 6.45) is 1.68. The Labute approximate surface area is 123 Å². The second kappa shape index (κ2) is 5.73. The first-order chi connectivity index (χ1) is 8.99. The molecule has 2 aromatic rings. The van der Waals surface area contributed by atoms with Crippen LogP contribution in [0.4, 0.5) is 11.4 Å². The number of nitro groups is 1. The number of thiazole rings is 1. The van der Waals surface area contributed by atoms with E-state index in [4.69, 9.17) is 23.2 Å². The fraction of sp³-hybridized carbons (Fsp3) is 0.182. The van der Waals surface area contributed by atoms with E-state index in [1.165, 1.54) is 17.4 Å². The van der Waals surface area contributed by atoms with E-state index in [2.05, 4.69) is 10.3 Å². The predicted molar refractivity (Wildman–Crippen MR) is 77.3 cm³/mol. The number of benzene rings is 1. The molecule has 0 saturated carbocycles. The van der Waals surface area contributed by atoms with Gasteiger partial charge in [0.2, 0.25) is 0 Å².